The van der Waals surface area contributed by atoms with Gasteiger partial charge in [0.05, 0.1) is 0 Å². The first-order valence-electron chi connectivity index (χ1n) is 8.05. The van der Waals surface area contributed by atoms with Gasteiger partial charge in [-0.2, -0.15) is 0 Å². The van der Waals surface area contributed by atoms with E-state index in [9.17, 15) is 0 Å². The fraction of sp³-hybridized carbons (Fsp3) is 0.706. The Morgan fingerprint density at radius 2 is 2.05 bits per heavy atom. The average Bonchev–Trinajstić information content (AvgIpc) is 2.46. The van der Waals surface area contributed by atoms with Crippen molar-refractivity contribution in [3.05, 3.63) is 30.1 Å². The molecule has 1 aliphatic carbocycles. The molecular formula is C17H29N3. The summed E-state index contributed by atoms with van der Waals surface area (Å²) in [6, 6.07) is 4.97. The predicted octanol–water partition coefficient (Wildman–Crippen LogP) is 2.72. The van der Waals surface area contributed by atoms with Crippen molar-refractivity contribution in [1.29, 1.82) is 0 Å². The highest BCUT2D eigenvalue weighted by Crippen LogP contribution is 2.23. The van der Waals surface area contributed by atoms with E-state index in [-0.39, 0.29) is 0 Å². The molecule has 0 saturated heterocycles. The van der Waals surface area contributed by atoms with Crippen LogP contribution in [0.2, 0.25) is 0 Å². The van der Waals surface area contributed by atoms with Crippen LogP contribution in [0.25, 0.3) is 0 Å². The van der Waals surface area contributed by atoms with Gasteiger partial charge in [0.25, 0.3) is 0 Å². The Morgan fingerprint density at radius 1 is 1.25 bits per heavy atom. The molecule has 3 nitrogen and oxygen atoms in total. The van der Waals surface area contributed by atoms with E-state index in [1.54, 1.807) is 0 Å². The first-order chi connectivity index (χ1) is 9.74. The van der Waals surface area contributed by atoms with Gasteiger partial charge in [0.15, 0.2) is 0 Å². The Bertz CT molecular complexity index is 366. The smallest absolute Gasteiger partial charge is 0.0270 e. The Morgan fingerprint density at radius 3 is 2.80 bits per heavy atom. The number of pyridine rings is 1. The van der Waals surface area contributed by atoms with Gasteiger partial charge in [0.2, 0.25) is 0 Å². The Labute approximate surface area is 123 Å². The Kier molecular flexibility index (Phi) is 6.48. The summed E-state index contributed by atoms with van der Waals surface area (Å²) in [5, 5.41) is 3.73. The van der Waals surface area contributed by atoms with Crippen LogP contribution in [-0.2, 0) is 6.42 Å². The average molecular weight is 275 g/mol. The van der Waals surface area contributed by atoms with Crippen LogP contribution in [0.15, 0.2) is 24.5 Å². The van der Waals surface area contributed by atoms with Crippen LogP contribution in [-0.4, -0.2) is 42.6 Å². The summed E-state index contributed by atoms with van der Waals surface area (Å²) >= 11 is 0. The third-order valence-corrected chi connectivity index (χ3v) is 4.39. The third kappa shape index (κ3) is 5.59. The molecule has 112 valence electrons. The third-order valence-electron chi connectivity index (χ3n) is 4.39. The first-order valence-corrected chi connectivity index (χ1v) is 8.05. The molecule has 0 radical (unpaired) electrons. The highest BCUT2D eigenvalue weighted by Gasteiger charge is 2.17. The van der Waals surface area contributed by atoms with Crippen molar-refractivity contribution in [3.63, 3.8) is 0 Å². The van der Waals surface area contributed by atoms with Gasteiger partial charge in [-0.3, -0.25) is 4.98 Å². The van der Waals surface area contributed by atoms with Crippen molar-refractivity contribution in [2.24, 2.45) is 5.92 Å². The van der Waals surface area contributed by atoms with E-state index in [4.69, 9.17) is 0 Å². The summed E-state index contributed by atoms with van der Waals surface area (Å²) in [4.78, 5) is 6.47. The highest BCUT2D eigenvalue weighted by molar-refractivity contribution is 5.09. The van der Waals surface area contributed by atoms with Crippen LogP contribution in [0.4, 0.5) is 0 Å². The molecule has 1 fully saturated rings. The molecule has 1 saturated carbocycles. The van der Waals surface area contributed by atoms with E-state index in [2.05, 4.69) is 41.3 Å². The lowest BCUT2D eigenvalue weighted by Crippen LogP contribution is -2.38. The summed E-state index contributed by atoms with van der Waals surface area (Å²) in [6.45, 7) is 5.75. The molecule has 1 aromatic heterocycles. The van der Waals surface area contributed by atoms with Crippen molar-refractivity contribution in [1.82, 2.24) is 15.2 Å². The van der Waals surface area contributed by atoms with Gasteiger partial charge < -0.3 is 10.2 Å². The molecule has 1 aromatic rings. The van der Waals surface area contributed by atoms with E-state index in [0.29, 0.717) is 0 Å². The number of aromatic nitrogens is 1. The van der Waals surface area contributed by atoms with Gasteiger partial charge in [0.1, 0.15) is 0 Å². The standard InChI is InChI=1S/C17H29N3/c1-15-4-3-5-17(14-15)19-11-13-20(2)12-8-16-6-9-18-10-7-16/h6-7,9-10,15,17,19H,3-5,8,11-14H2,1-2H3. The SMILES string of the molecule is CC1CCCC(NCCN(C)CCc2ccncc2)C1. The quantitative estimate of drug-likeness (QED) is 0.829. The van der Waals surface area contributed by atoms with Gasteiger partial charge >= 0.3 is 0 Å². The number of hydrogen-bond donors (Lipinski definition) is 1. The number of hydrogen-bond acceptors (Lipinski definition) is 3. The van der Waals surface area contributed by atoms with Gasteiger partial charge in [-0.25, -0.2) is 0 Å². The molecule has 0 spiro atoms. The summed E-state index contributed by atoms with van der Waals surface area (Å²) in [5.41, 5.74) is 1.38. The zero-order valence-corrected chi connectivity index (χ0v) is 13.0. The fourth-order valence-corrected chi connectivity index (χ4v) is 3.06. The number of nitrogens with zero attached hydrogens (tertiary/aromatic N) is 2. The topological polar surface area (TPSA) is 28.2 Å². The second-order valence-electron chi connectivity index (χ2n) is 6.33. The van der Waals surface area contributed by atoms with E-state index in [1.165, 1.54) is 31.2 Å². The van der Waals surface area contributed by atoms with Crippen molar-refractivity contribution in [2.75, 3.05) is 26.7 Å². The molecule has 0 aromatic carbocycles. The monoisotopic (exact) mass is 275 g/mol. The lowest BCUT2D eigenvalue weighted by molar-refractivity contribution is 0.278. The first kappa shape index (κ1) is 15.5. The molecule has 2 atom stereocenters. The maximum atomic E-state index is 4.06. The van der Waals surface area contributed by atoms with Gasteiger partial charge in [-0.05, 0) is 49.9 Å². The molecule has 3 heteroatoms. The maximum Gasteiger partial charge on any atom is 0.0270 e. The van der Waals surface area contributed by atoms with Crippen molar-refractivity contribution < 1.29 is 0 Å². The molecule has 0 bridgehead atoms. The van der Waals surface area contributed by atoms with Crippen LogP contribution in [0.3, 0.4) is 0 Å². The maximum absolute atomic E-state index is 4.06. The summed E-state index contributed by atoms with van der Waals surface area (Å²) in [7, 11) is 2.21. The molecule has 20 heavy (non-hydrogen) atoms. The van der Waals surface area contributed by atoms with Crippen LogP contribution in [0.1, 0.15) is 38.2 Å². The van der Waals surface area contributed by atoms with Crippen molar-refractivity contribution in [2.45, 2.75) is 45.1 Å². The highest BCUT2D eigenvalue weighted by atomic mass is 15.1. The predicted molar refractivity (Wildman–Crippen MR) is 84.9 cm³/mol. The molecule has 0 amide bonds. The largest absolute Gasteiger partial charge is 0.313 e. The van der Waals surface area contributed by atoms with E-state index in [1.807, 2.05) is 12.4 Å². The minimum Gasteiger partial charge on any atom is -0.313 e. The molecule has 1 N–H and O–H groups in total. The van der Waals surface area contributed by atoms with Crippen LogP contribution in [0, 0.1) is 5.92 Å². The van der Waals surface area contributed by atoms with Gasteiger partial charge in [-0.15, -0.1) is 0 Å². The van der Waals surface area contributed by atoms with Crippen LogP contribution >= 0.6 is 0 Å². The van der Waals surface area contributed by atoms with E-state index >= 15 is 0 Å². The Balaban J connectivity index is 1.57. The normalized spacial score (nSPS) is 23.1. The number of nitrogens with one attached hydrogen (secondary N) is 1. The number of rotatable bonds is 7. The molecule has 2 rings (SSSR count). The second kappa shape index (κ2) is 8.38. The zero-order chi connectivity index (χ0) is 14.2. The molecule has 2 unspecified atom stereocenters. The van der Waals surface area contributed by atoms with Gasteiger partial charge in [0, 0.05) is 38.1 Å². The summed E-state index contributed by atoms with van der Waals surface area (Å²) in [5.74, 6) is 0.908. The molecule has 0 aliphatic heterocycles. The lowest BCUT2D eigenvalue weighted by Gasteiger charge is -2.28. The minimum absolute atomic E-state index is 0.757. The van der Waals surface area contributed by atoms with Crippen LogP contribution < -0.4 is 5.32 Å². The summed E-state index contributed by atoms with van der Waals surface area (Å²) < 4.78 is 0. The minimum atomic E-state index is 0.757. The van der Waals surface area contributed by atoms with Crippen molar-refractivity contribution in [3.8, 4) is 0 Å². The van der Waals surface area contributed by atoms with Crippen molar-refractivity contribution >= 4 is 0 Å². The Hall–Kier alpha value is -0.930. The van der Waals surface area contributed by atoms with Gasteiger partial charge in [-0.1, -0.05) is 19.8 Å². The number of likely N-dealkylation sites (N-methyl/N-ethyl adjacent to an activating group) is 1. The molecular weight excluding hydrogens is 246 g/mol. The zero-order valence-electron chi connectivity index (χ0n) is 13.0. The van der Waals surface area contributed by atoms with E-state index < -0.39 is 0 Å². The second-order valence-corrected chi connectivity index (χ2v) is 6.33. The molecule has 1 aliphatic rings. The van der Waals surface area contributed by atoms with E-state index in [0.717, 1.165) is 38.0 Å². The fourth-order valence-electron chi connectivity index (χ4n) is 3.06. The lowest BCUT2D eigenvalue weighted by atomic mass is 9.87. The molecule has 1 heterocycles. The summed E-state index contributed by atoms with van der Waals surface area (Å²) in [6.07, 6.45) is 10.4. The van der Waals surface area contributed by atoms with Crippen LogP contribution in [0.5, 0.6) is 0 Å².